The van der Waals surface area contributed by atoms with Gasteiger partial charge in [-0.3, -0.25) is 4.79 Å². The minimum absolute atomic E-state index is 0.0705. The van der Waals surface area contributed by atoms with Crippen molar-refractivity contribution in [3.8, 4) is 0 Å². The fraction of sp³-hybridized carbons (Fsp3) is 0.214. The van der Waals surface area contributed by atoms with Crippen molar-refractivity contribution < 1.29 is 14.7 Å². The molecular weight excluding hydrogens is 510 g/mol. The minimum Gasteiger partial charge on any atom is -0.477 e. The predicted molar refractivity (Wildman–Crippen MR) is 106 cm³/mol. The van der Waals surface area contributed by atoms with E-state index >= 15 is 0 Å². The highest BCUT2D eigenvalue weighted by atomic mass is 79.9. The predicted octanol–water partition coefficient (Wildman–Crippen LogP) is 3.53. The van der Waals surface area contributed by atoms with Crippen molar-refractivity contribution in [1.82, 2.24) is 24.8 Å². The van der Waals surface area contributed by atoms with Crippen LogP contribution < -0.4 is 5.32 Å². The zero-order valence-electron chi connectivity index (χ0n) is 13.1. The van der Waals surface area contributed by atoms with Gasteiger partial charge in [0.1, 0.15) is 9.75 Å². The summed E-state index contributed by atoms with van der Waals surface area (Å²) in [6.07, 6.45) is 9.18. The second kappa shape index (κ2) is 10.5. The minimum atomic E-state index is -0.932. The summed E-state index contributed by atoms with van der Waals surface area (Å²) in [5, 5.41) is 11.2. The third-order valence-electron chi connectivity index (χ3n) is 2.83. The molecule has 0 aliphatic carbocycles. The van der Waals surface area contributed by atoms with Gasteiger partial charge >= 0.3 is 5.97 Å². The first kappa shape index (κ1) is 20.7. The number of hydrogen-bond acceptors (Lipinski definition) is 7. The molecule has 3 heterocycles. The van der Waals surface area contributed by atoms with Crippen LogP contribution >= 0.6 is 54.5 Å². The van der Waals surface area contributed by atoms with Crippen LogP contribution in [0.1, 0.15) is 25.8 Å². The van der Waals surface area contributed by atoms with Crippen molar-refractivity contribution in [2.24, 2.45) is 0 Å². The molecule has 3 aromatic heterocycles. The normalized spacial score (nSPS) is 10.1. The molecule has 0 aliphatic heterocycles. The molecule has 138 valence electrons. The molecule has 0 atom stereocenters. The molecule has 0 aromatic carbocycles. The lowest BCUT2D eigenvalue weighted by Gasteiger charge is -2.03. The number of carbonyl (C=O) groups is 2. The van der Waals surface area contributed by atoms with Crippen molar-refractivity contribution in [2.45, 2.75) is 13.0 Å². The summed E-state index contributed by atoms with van der Waals surface area (Å²) in [6.45, 7) is 1.50. The summed E-state index contributed by atoms with van der Waals surface area (Å²) in [7, 11) is 0. The van der Waals surface area contributed by atoms with Gasteiger partial charge in [0.05, 0.1) is 18.7 Å². The average Bonchev–Trinajstić information content (AvgIpc) is 3.34. The first-order valence-corrected chi connectivity index (χ1v) is 10.4. The van der Waals surface area contributed by atoms with Crippen LogP contribution in [0.2, 0.25) is 0 Å². The van der Waals surface area contributed by atoms with E-state index in [1.807, 2.05) is 10.8 Å². The highest BCUT2D eigenvalue weighted by Crippen LogP contribution is 2.18. The zero-order chi connectivity index (χ0) is 18.9. The number of carbonyl (C=O) groups excluding carboxylic acids is 1. The van der Waals surface area contributed by atoms with Crippen molar-refractivity contribution in [3.63, 3.8) is 0 Å². The standard InChI is InChI=1S/C10H11BrN4OS.C4H2BrNO2S/c11-10-14-6-8(17-10)9(16)13-2-1-4-15-5-3-12-7-15;5-4-6-1-2(9-4)3(7)8/h3,5-7H,1-2,4H2,(H,13,16);1H,(H,7,8). The number of rotatable bonds is 6. The Morgan fingerprint density at radius 3 is 2.27 bits per heavy atom. The molecule has 3 rings (SSSR count). The van der Waals surface area contributed by atoms with Gasteiger partial charge in [-0.05, 0) is 38.3 Å². The number of halogens is 2. The SMILES string of the molecule is O=C(NCCCn1ccnc1)c1cnc(Br)s1.O=C(O)c1cnc(Br)s1. The number of imidazole rings is 1. The van der Waals surface area contributed by atoms with Gasteiger partial charge in [-0.15, -0.1) is 22.7 Å². The number of aryl methyl sites for hydroxylation is 1. The van der Waals surface area contributed by atoms with E-state index in [4.69, 9.17) is 5.11 Å². The molecule has 0 bridgehead atoms. The summed E-state index contributed by atoms with van der Waals surface area (Å²) >= 11 is 8.70. The van der Waals surface area contributed by atoms with Crippen molar-refractivity contribution >= 4 is 66.4 Å². The van der Waals surface area contributed by atoms with Gasteiger partial charge in [-0.1, -0.05) is 0 Å². The zero-order valence-corrected chi connectivity index (χ0v) is 17.9. The van der Waals surface area contributed by atoms with Gasteiger partial charge < -0.3 is 15.0 Å². The first-order valence-electron chi connectivity index (χ1n) is 7.15. The molecule has 12 heteroatoms. The lowest BCUT2D eigenvalue weighted by atomic mass is 10.4. The Labute approximate surface area is 173 Å². The number of carboxylic acids is 1. The fourth-order valence-electron chi connectivity index (χ4n) is 1.68. The van der Waals surface area contributed by atoms with Gasteiger partial charge in [-0.2, -0.15) is 0 Å². The van der Waals surface area contributed by atoms with Crippen LogP contribution in [-0.4, -0.2) is 43.0 Å². The van der Waals surface area contributed by atoms with Crippen LogP contribution in [0.25, 0.3) is 0 Å². The van der Waals surface area contributed by atoms with E-state index in [2.05, 4.69) is 52.1 Å². The molecule has 0 spiro atoms. The number of nitrogens with zero attached hydrogens (tertiary/aromatic N) is 4. The Hall–Kier alpha value is -1.63. The maximum atomic E-state index is 11.6. The van der Waals surface area contributed by atoms with Crippen molar-refractivity contribution in [3.05, 3.63) is 48.7 Å². The van der Waals surface area contributed by atoms with Gasteiger partial charge in [0, 0.05) is 25.5 Å². The summed E-state index contributed by atoms with van der Waals surface area (Å²) in [6, 6.07) is 0. The summed E-state index contributed by atoms with van der Waals surface area (Å²) in [5.41, 5.74) is 0. The Morgan fingerprint density at radius 2 is 1.81 bits per heavy atom. The Morgan fingerprint density at radius 1 is 1.15 bits per heavy atom. The molecule has 0 saturated carbocycles. The molecular formula is C14H13Br2N5O3S2. The molecule has 26 heavy (non-hydrogen) atoms. The Kier molecular flexibility index (Phi) is 8.35. The molecule has 3 aromatic rings. The number of carboxylic acid groups (broad SMARTS) is 1. The van der Waals surface area contributed by atoms with E-state index in [9.17, 15) is 9.59 Å². The van der Waals surface area contributed by atoms with Crippen LogP contribution in [0.3, 0.4) is 0 Å². The summed E-state index contributed by atoms with van der Waals surface area (Å²) < 4.78 is 3.30. The van der Waals surface area contributed by atoms with Crippen LogP contribution in [0.5, 0.6) is 0 Å². The number of hydrogen-bond donors (Lipinski definition) is 2. The fourth-order valence-corrected chi connectivity index (χ4v) is 3.97. The average molecular weight is 523 g/mol. The molecule has 2 N–H and O–H groups in total. The lowest BCUT2D eigenvalue weighted by molar-refractivity contribution is 0.0701. The van der Waals surface area contributed by atoms with Crippen molar-refractivity contribution in [2.75, 3.05) is 6.54 Å². The van der Waals surface area contributed by atoms with Crippen LogP contribution in [0, 0.1) is 0 Å². The van der Waals surface area contributed by atoms with Crippen LogP contribution in [0.15, 0.2) is 38.9 Å². The topological polar surface area (TPSA) is 110 Å². The highest BCUT2D eigenvalue weighted by Gasteiger charge is 2.08. The van der Waals surface area contributed by atoms with Gasteiger partial charge in [0.15, 0.2) is 7.83 Å². The third kappa shape index (κ3) is 6.94. The molecule has 0 aliphatic rings. The monoisotopic (exact) mass is 521 g/mol. The second-order valence-electron chi connectivity index (χ2n) is 4.67. The highest BCUT2D eigenvalue weighted by molar-refractivity contribution is 9.11. The number of thiazole rings is 2. The molecule has 0 saturated heterocycles. The number of nitrogens with one attached hydrogen (secondary N) is 1. The van der Waals surface area contributed by atoms with E-state index in [0.717, 1.165) is 28.2 Å². The quantitative estimate of drug-likeness (QED) is 0.479. The maximum absolute atomic E-state index is 11.6. The number of aromatic nitrogens is 4. The van der Waals surface area contributed by atoms with E-state index in [1.54, 1.807) is 18.7 Å². The van der Waals surface area contributed by atoms with E-state index < -0.39 is 5.97 Å². The summed E-state index contributed by atoms with van der Waals surface area (Å²) in [4.78, 5) is 34.3. The molecule has 1 amide bonds. The third-order valence-corrected chi connectivity index (χ3v) is 5.77. The largest absolute Gasteiger partial charge is 0.477 e. The van der Waals surface area contributed by atoms with Crippen LogP contribution in [-0.2, 0) is 6.54 Å². The smallest absolute Gasteiger partial charge is 0.347 e. The first-order chi connectivity index (χ1) is 12.5. The summed E-state index contributed by atoms with van der Waals surface area (Å²) in [5.74, 6) is -1.00. The van der Waals surface area contributed by atoms with E-state index in [1.165, 1.54) is 17.5 Å². The van der Waals surface area contributed by atoms with E-state index in [0.29, 0.717) is 15.3 Å². The second-order valence-corrected chi connectivity index (χ2v) is 9.28. The molecule has 0 radical (unpaired) electrons. The molecule has 8 nitrogen and oxygen atoms in total. The number of aromatic carboxylic acids is 1. The van der Waals surface area contributed by atoms with Gasteiger partial charge in [0.25, 0.3) is 5.91 Å². The molecule has 0 fully saturated rings. The van der Waals surface area contributed by atoms with Crippen LogP contribution in [0.4, 0.5) is 0 Å². The number of amides is 1. The Balaban J connectivity index is 0.000000228. The lowest BCUT2D eigenvalue weighted by Crippen LogP contribution is -2.24. The maximum Gasteiger partial charge on any atom is 0.347 e. The van der Waals surface area contributed by atoms with Crippen molar-refractivity contribution in [1.29, 1.82) is 0 Å². The van der Waals surface area contributed by atoms with Gasteiger partial charge in [-0.25, -0.2) is 19.7 Å². The van der Waals surface area contributed by atoms with E-state index in [-0.39, 0.29) is 10.8 Å². The Bertz CT molecular complexity index is 851. The molecule has 0 unspecified atom stereocenters. The van der Waals surface area contributed by atoms with Gasteiger partial charge in [0.2, 0.25) is 0 Å².